The number of hydrogen-bond acceptors (Lipinski definition) is 6. The van der Waals surface area contributed by atoms with Gasteiger partial charge >= 0.3 is 0 Å². The van der Waals surface area contributed by atoms with Crippen molar-refractivity contribution in [1.29, 1.82) is 0 Å². The summed E-state index contributed by atoms with van der Waals surface area (Å²) in [6, 6.07) is 12.1. The number of halogens is 2. The fraction of sp³-hybridized carbons (Fsp3) is 0.379. The third-order valence-electron chi connectivity index (χ3n) is 7.24. The average Bonchev–Trinajstić information content (AvgIpc) is 3.64. The lowest BCUT2D eigenvalue weighted by Crippen LogP contribution is -2.48. The number of ether oxygens (including phenoxy) is 3. The van der Waals surface area contributed by atoms with Crippen molar-refractivity contribution in [2.75, 3.05) is 40.5 Å². The van der Waals surface area contributed by atoms with E-state index < -0.39 is 0 Å². The summed E-state index contributed by atoms with van der Waals surface area (Å²) in [6.07, 6.45) is 2.38. The van der Waals surface area contributed by atoms with Crippen LogP contribution in [-0.4, -0.2) is 68.2 Å². The van der Waals surface area contributed by atoms with Gasteiger partial charge in [0.15, 0.2) is 0 Å². The molecule has 2 aliphatic heterocycles. The predicted octanol–water partition coefficient (Wildman–Crippen LogP) is 5.87. The highest BCUT2D eigenvalue weighted by molar-refractivity contribution is 7.10. The first-order valence-corrected chi connectivity index (χ1v) is 14.5. The second-order valence-corrected chi connectivity index (χ2v) is 11.4. The van der Waals surface area contributed by atoms with Crippen LogP contribution in [0.3, 0.4) is 0 Å². The molecule has 39 heavy (non-hydrogen) atoms. The summed E-state index contributed by atoms with van der Waals surface area (Å²) in [7, 11) is 3.06. The first-order chi connectivity index (χ1) is 18.9. The molecule has 0 bridgehead atoms. The lowest BCUT2D eigenvalue weighted by Gasteiger charge is -2.38. The number of methoxy groups -OCH3 is 2. The van der Waals surface area contributed by atoms with E-state index in [1.54, 1.807) is 53.7 Å². The van der Waals surface area contributed by atoms with E-state index in [2.05, 4.69) is 0 Å². The number of nitrogens with zero attached hydrogens (tertiary/aromatic N) is 2. The normalized spacial score (nSPS) is 18.5. The highest BCUT2D eigenvalue weighted by Crippen LogP contribution is 2.41. The van der Waals surface area contributed by atoms with Crippen LogP contribution in [0, 0.1) is 0 Å². The maximum Gasteiger partial charge on any atom is 0.258 e. The molecular formula is C29H30Cl2N2O5S. The van der Waals surface area contributed by atoms with E-state index in [1.807, 2.05) is 22.4 Å². The van der Waals surface area contributed by atoms with E-state index in [4.69, 9.17) is 37.4 Å². The standard InChI is InChI=1S/C29H30Cl2N2O5S/c1-36-19-6-8-22(25(15-19)37-2)29(35)32(16-20-4-3-12-38-20)17-27(34)33-11-9-26-23(10-13-39-26)28(33)21-7-5-18(30)14-24(21)31/h5-8,10,13-15,20,28H,3-4,9,11-12,16-17H2,1-2H3. The number of amides is 2. The van der Waals surface area contributed by atoms with Gasteiger partial charge in [-0.25, -0.2) is 0 Å². The van der Waals surface area contributed by atoms with E-state index in [9.17, 15) is 9.59 Å². The summed E-state index contributed by atoms with van der Waals surface area (Å²) in [6.45, 7) is 1.37. The van der Waals surface area contributed by atoms with Crippen molar-refractivity contribution in [3.05, 3.63) is 79.5 Å². The van der Waals surface area contributed by atoms with Crippen molar-refractivity contribution in [2.45, 2.75) is 31.4 Å². The Kier molecular flexibility index (Phi) is 8.67. The third-order valence-corrected chi connectivity index (χ3v) is 8.80. The van der Waals surface area contributed by atoms with E-state index >= 15 is 0 Å². The van der Waals surface area contributed by atoms with Crippen LogP contribution in [0.5, 0.6) is 11.5 Å². The van der Waals surface area contributed by atoms with Gasteiger partial charge in [0.05, 0.1) is 31.9 Å². The van der Waals surface area contributed by atoms with Gasteiger partial charge in [-0.05, 0) is 66.1 Å². The zero-order chi connectivity index (χ0) is 27.5. The summed E-state index contributed by atoms with van der Waals surface area (Å²) in [4.78, 5) is 32.5. The fourth-order valence-corrected chi connectivity index (χ4v) is 6.71. The molecule has 2 atom stereocenters. The van der Waals surface area contributed by atoms with Crippen molar-refractivity contribution < 1.29 is 23.8 Å². The molecule has 2 aromatic carbocycles. The van der Waals surface area contributed by atoms with E-state index in [0.717, 1.165) is 30.4 Å². The minimum Gasteiger partial charge on any atom is -0.497 e. The van der Waals surface area contributed by atoms with E-state index in [-0.39, 0.29) is 30.5 Å². The van der Waals surface area contributed by atoms with Crippen LogP contribution in [0.4, 0.5) is 0 Å². The quantitative estimate of drug-likeness (QED) is 0.329. The average molecular weight is 590 g/mol. The molecule has 10 heteroatoms. The predicted molar refractivity (Wildman–Crippen MR) is 152 cm³/mol. The third kappa shape index (κ3) is 5.89. The number of rotatable bonds is 8. The molecule has 1 saturated heterocycles. The maximum absolute atomic E-state index is 14.0. The molecule has 0 radical (unpaired) electrons. The first-order valence-electron chi connectivity index (χ1n) is 12.8. The van der Waals surface area contributed by atoms with Crippen LogP contribution in [0.15, 0.2) is 47.8 Å². The molecule has 3 aromatic rings. The van der Waals surface area contributed by atoms with Crippen molar-refractivity contribution in [3.8, 4) is 11.5 Å². The van der Waals surface area contributed by atoms with Gasteiger partial charge in [-0.15, -0.1) is 11.3 Å². The Morgan fingerprint density at radius 3 is 2.67 bits per heavy atom. The molecule has 1 fully saturated rings. The Balaban J connectivity index is 1.46. The molecule has 0 saturated carbocycles. The Hall–Kier alpha value is -2.78. The molecule has 206 valence electrons. The number of hydrogen-bond donors (Lipinski definition) is 0. The molecule has 2 aliphatic rings. The molecule has 2 amide bonds. The molecule has 0 N–H and O–H groups in total. The Labute approximate surface area is 242 Å². The largest absolute Gasteiger partial charge is 0.497 e. The SMILES string of the molecule is COc1ccc(C(=O)N(CC(=O)N2CCc3sccc3C2c2ccc(Cl)cc2Cl)CC2CCCO2)c(OC)c1. The Morgan fingerprint density at radius 2 is 1.95 bits per heavy atom. The number of carbonyl (C=O) groups excluding carboxylic acids is 2. The van der Waals surface area contributed by atoms with Gasteiger partial charge in [-0.1, -0.05) is 29.3 Å². The fourth-order valence-electron chi connectivity index (χ4n) is 5.30. The minimum absolute atomic E-state index is 0.102. The molecule has 0 spiro atoms. The van der Waals surface area contributed by atoms with Gasteiger partial charge < -0.3 is 24.0 Å². The molecular weight excluding hydrogens is 559 g/mol. The van der Waals surface area contributed by atoms with E-state index in [1.165, 1.54) is 12.0 Å². The van der Waals surface area contributed by atoms with Crippen LogP contribution in [-0.2, 0) is 16.0 Å². The summed E-state index contributed by atoms with van der Waals surface area (Å²) in [5.41, 5.74) is 2.22. The maximum atomic E-state index is 14.0. The molecule has 7 nitrogen and oxygen atoms in total. The summed E-state index contributed by atoms with van der Waals surface area (Å²) in [5, 5.41) is 3.07. The monoisotopic (exact) mass is 588 g/mol. The zero-order valence-corrected chi connectivity index (χ0v) is 24.2. The van der Waals surface area contributed by atoms with Crippen LogP contribution in [0.1, 0.15) is 45.2 Å². The topological polar surface area (TPSA) is 68.3 Å². The van der Waals surface area contributed by atoms with Crippen LogP contribution in [0.2, 0.25) is 10.0 Å². The summed E-state index contributed by atoms with van der Waals surface area (Å²) < 4.78 is 16.6. The molecule has 1 aromatic heterocycles. The second-order valence-electron chi connectivity index (χ2n) is 9.59. The smallest absolute Gasteiger partial charge is 0.258 e. The van der Waals surface area contributed by atoms with Crippen molar-refractivity contribution in [2.24, 2.45) is 0 Å². The van der Waals surface area contributed by atoms with E-state index in [0.29, 0.717) is 46.8 Å². The Morgan fingerprint density at radius 1 is 1.10 bits per heavy atom. The van der Waals surface area contributed by atoms with Gasteiger partial charge in [0, 0.05) is 40.7 Å². The molecule has 2 unspecified atom stereocenters. The van der Waals surface area contributed by atoms with Crippen molar-refractivity contribution in [3.63, 3.8) is 0 Å². The first kappa shape index (κ1) is 27.8. The van der Waals surface area contributed by atoms with Gasteiger partial charge in [0.25, 0.3) is 5.91 Å². The summed E-state index contributed by atoms with van der Waals surface area (Å²) >= 11 is 14.5. The van der Waals surface area contributed by atoms with Gasteiger partial charge in [-0.2, -0.15) is 0 Å². The zero-order valence-electron chi connectivity index (χ0n) is 21.8. The summed E-state index contributed by atoms with van der Waals surface area (Å²) in [5.74, 6) is 0.498. The minimum atomic E-state index is -0.368. The number of carbonyl (C=O) groups is 2. The highest BCUT2D eigenvalue weighted by atomic mass is 35.5. The molecule has 0 aliphatic carbocycles. The van der Waals surface area contributed by atoms with Crippen molar-refractivity contribution in [1.82, 2.24) is 9.80 Å². The lowest BCUT2D eigenvalue weighted by atomic mass is 9.93. The number of benzene rings is 2. The van der Waals surface area contributed by atoms with Gasteiger partial charge in [0.2, 0.25) is 5.91 Å². The second kappa shape index (κ2) is 12.2. The number of thiophene rings is 1. The van der Waals surface area contributed by atoms with Crippen LogP contribution >= 0.6 is 34.5 Å². The Bertz CT molecular complexity index is 1360. The van der Waals surface area contributed by atoms with Crippen LogP contribution in [0.25, 0.3) is 0 Å². The molecule has 3 heterocycles. The highest BCUT2D eigenvalue weighted by Gasteiger charge is 2.36. The van der Waals surface area contributed by atoms with Gasteiger partial charge in [-0.3, -0.25) is 9.59 Å². The van der Waals surface area contributed by atoms with Crippen LogP contribution < -0.4 is 9.47 Å². The van der Waals surface area contributed by atoms with Crippen molar-refractivity contribution >= 4 is 46.4 Å². The number of fused-ring (bicyclic) bond motifs is 1. The molecule has 5 rings (SSSR count). The van der Waals surface area contributed by atoms with Gasteiger partial charge in [0.1, 0.15) is 18.0 Å². The lowest BCUT2D eigenvalue weighted by molar-refractivity contribution is -0.134.